The van der Waals surface area contributed by atoms with Crippen molar-refractivity contribution in [3.05, 3.63) is 12.2 Å². The van der Waals surface area contributed by atoms with Gasteiger partial charge in [-0.15, -0.1) is 0 Å². The number of amides is 1. The van der Waals surface area contributed by atoms with E-state index in [1.165, 1.54) is 295 Å². The van der Waals surface area contributed by atoms with E-state index in [9.17, 15) is 45.6 Å². The summed E-state index contributed by atoms with van der Waals surface area (Å²) in [6, 6.07) is -0.912. The van der Waals surface area contributed by atoms with Gasteiger partial charge in [0.05, 0.1) is 32.0 Å². The number of allylic oxidation sites excluding steroid dienone is 1. The predicted molar refractivity (Wildman–Crippen MR) is 360 cm³/mol. The predicted octanol–water partition coefficient (Wildman–Crippen LogP) is 16.1. The Morgan fingerprint density at radius 2 is 0.705 bits per heavy atom. The topological polar surface area (TPSA) is 228 Å². The number of aliphatic hydroxyl groups is 8. The maximum atomic E-state index is 13.4. The molecule has 14 heteroatoms. The standard InChI is InChI=1S/C74H143NO13/c1-3-5-7-9-11-13-15-17-19-21-23-25-27-29-30-31-32-33-34-35-37-39-41-43-45-47-49-51-53-55-57-63(78)62(61-85-73-71(84)69(82)72(65(60-77)87-73)88-74-70(83)68(81)67(80)64(59-76)86-74)75-66(79)58-56-54-52-50-48-46-44-42-40-38-36-28-26-24-22-20-18-16-14-12-10-8-6-4-2/h55,57,62-65,67-74,76-78,80-84H,3-54,56,58-61H2,1-2H3,(H,75,79)/b57-55+. The first-order chi connectivity index (χ1) is 43.1. The van der Waals surface area contributed by atoms with Crippen molar-refractivity contribution in [3.8, 4) is 0 Å². The number of rotatable bonds is 64. The third-order valence-electron chi connectivity index (χ3n) is 19.0. The molecule has 2 aliphatic rings. The molecule has 2 aliphatic heterocycles. The SMILES string of the molecule is CCCCCCCCCCCCCCCCCCCCCCCCCCCCCC/C=C/C(O)C(COC1OC(CO)C(OC2OC(CO)C(O)C(O)C2O)C(O)C1O)NC(=O)CCCCCCCCCCCCCCCCCCCCCCCCCC. The van der Waals surface area contributed by atoms with Crippen molar-refractivity contribution in [2.24, 2.45) is 0 Å². The van der Waals surface area contributed by atoms with Crippen molar-refractivity contribution in [3.63, 3.8) is 0 Å². The summed E-state index contributed by atoms with van der Waals surface area (Å²) >= 11 is 0. The molecule has 0 aromatic carbocycles. The van der Waals surface area contributed by atoms with Crippen molar-refractivity contribution in [2.45, 2.75) is 434 Å². The van der Waals surface area contributed by atoms with Gasteiger partial charge in [0.15, 0.2) is 12.6 Å². The van der Waals surface area contributed by atoms with E-state index in [2.05, 4.69) is 19.2 Å². The van der Waals surface area contributed by atoms with Crippen LogP contribution in [0.15, 0.2) is 12.2 Å². The first-order valence-corrected chi connectivity index (χ1v) is 37.9. The highest BCUT2D eigenvalue weighted by atomic mass is 16.7. The Balaban J connectivity index is 1.64. The van der Waals surface area contributed by atoms with E-state index >= 15 is 0 Å². The van der Waals surface area contributed by atoms with E-state index in [4.69, 9.17) is 18.9 Å². The molecular weight excluding hydrogens is 1110 g/mol. The second-order valence-electron chi connectivity index (χ2n) is 27.1. The van der Waals surface area contributed by atoms with Crippen molar-refractivity contribution >= 4 is 5.91 Å². The zero-order chi connectivity index (χ0) is 63.8. The fourth-order valence-electron chi connectivity index (χ4n) is 12.9. The van der Waals surface area contributed by atoms with Crippen LogP contribution in [0.3, 0.4) is 0 Å². The first-order valence-electron chi connectivity index (χ1n) is 37.9. The third-order valence-corrected chi connectivity index (χ3v) is 19.0. The molecular formula is C74H143NO13. The lowest BCUT2D eigenvalue weighted by atomic mass is 9.97. The largest absolute Gasteiger partial charge is 0.394 e. The average molecular weight is 1250 g/mol. The number of hydrogen-bond donors (Lipinski definition) is 9. The average Bonchev–Trinajstić information content (AvgIpc) is 2.91. The fourth-order valence-corrected chi connectivity index (χ4v) is 12.9. The van der Waals surface area contributed by atoms with Gasteiger partial charge < -0.3 is 65.1 Å². The van der Waals surface area contributed by atoms with E-state index in [-0.39, 0.29) is 18.9 Å². The molecule has 2 fully saturated rings. The molecule has 1 amide bonds. The van der Waals surface area contributed by atoms with Crippen LogP contribution in [-0.2, 0) is 23.7 Å². The van der Waals surface area contributed by atoms with E-state index in [1.807, 2.05) is 6.08 Å². The molecule has 0 spiro atoms. The molecule has 2 saturated heterocycles. The molecule has 9 N–H and O–H groups in total. The summed E-state index contributed by atoms with van der Waals surface area (Å²) in [6.07, 6.45) is 57.1. The van der Waals surface area contributed by atoms with Crippen LogP contribution in [-0.4, -0.2) is 140 Å². The van der Waals surface area contributed by atoms with Gasteiger partial charge in [-0.1, -0.05) is 347 Å². The van der Waals surface area contributed by atoms with E-state index in [0.29, 0.717) is 0 Å². The van der Waals surface area contributed by atoms with Gasteiger partial charge in [0.2, 0.25) is 5.91 Å². The Morgan fingerprint density at radius 3 is 1.05 bits per heavy atom. The Labute approximate surface area is 539 Å². The van der Waals surface area contributed by atoms with Crippen molar-refractivity contribution in [1.82, 2.24) is 5.32 Å². The summed E-state index contributed by atoms with van der Waals surface area (Å²) < 4.78 is 22.9. The number of nitrogens with one attached hydrogen (secondary N) is 1. The molecule has 14 nitrogen and oxygen atoms in total. The van der Waals surface area contributed by atoms with Crippen LogP contribution in [0.25, 0.3) is 0 Å². The van der Waals surface area contributed by atoms with Gasteiger partial charge in [0.25, 0.3) is 0 Å². The molecule has 0 aromatic heterocycles. The number of aliphatic hydroxyl groups excluding tert-OH is 8. The lowest BCUT2D eigenvalue weighted by Gasteiger charge is -2.46. The molecule has 12 atom stereocenters. The van der Waals surface area contributed by atoms with Crippen LogP contribution in [0.4, 0.5) is 0 Å². The van der Waals surface area contributed by atoms with Gasteiger partial charge >= 0.3 is 0 Å². The zero-order valence-electron chi connectivity index (χ0n) is 57.0. The first kappa shape index (κ1) is 82.8. The van der Waals surface area contributed by atoms with Crippen LogP contribution in [0.2, 0.25) is 0 Å². The summed E-state index contributed by atoms with van der Waals surface area (Å²) in [5.41, 5.74) is 0. The molecule has 0 bridgehead atoms. The summed E-state index contributed by atoms with van der Waals surface area (Å²) in [7, 11) is 0. The van der Waals surface area contributed by atoms with Crippen LogP contribution >= 0.6 is 0 Å². The number of unbranched alkanes of at least 4 members (excludes halogenated alkanes) is 51. The van der Waals surface area contributed by atoms with Gasteiger partial charge in [-0.05, 0) is 19.3 Å². The molecule has 2 rings (SSSR count). The van der Waals surface area contributed by atoms with Crippen LogP contribution in [0.1, 0.15) is 361 Å². The maximum Gasteiger partial charge on any atom is 0.220 e. The number of carbonyl (C=O) groups is 1. The van der Waals surface area contributed by atoms with Gasteiger partial charge in [-0.2, -0.15) is 0 Å². The highest BCUT2D eigenvalue weighted by molar-refractivity contribution is 5.76. The quantitative estimate of drug-likeness (QED) is 0.0204. The van der Waals surface area contributed by atoms with Gasteiger partial charge in [0.1, 0.15) is 48.8 Å². The van der Waals surface area contributed by atoms with Crippen LogP contribution in [0.5, 0.6) is 0 Å². The molecule has 0 aromatic rings. The lowest BCUT2D eigenvalue weighted by molar-refractivity contribution is -0.359. The number of hydrogen-bond acceptors (Lipinski definition) is 13. The zero-order valence-corrected chi connectivity index (χ0v) is 57.0. The van der Waals surface area contributed by atoms with Gasteiger partial charge in [0, 0.05) is 6.42 Å². The molecule has 0 aliphatic carbocycles. The molecule has 88 heavy (non-hydrogen) atoms. The molecule has 522 valence electrons. The number of carbonyl (C=O) groups excluding carboxylic acids is 1. The van der Waals surface area contributed by atoms with E-state index in [0.717, 1.165) is 44.9 Å². The Morgan fingerprint density at radius 1 is 0.398 bits per heavy atom. The van der Waals surface area contributed by atoms with Crippen molar-refractivity contribution in [1.29, 1.82) is 0 Å². The number of ether oxygens (including phenoxy) is 4. The van der Waals surface area contributed by atoms with Crippen molar-refractivity contribution in [2.75, 3.05) is 19.8 Å². The second-order valence-corrected chi connectivity index (χ2v) is 27.1. The summed E-state index contributed by atoms with van der Waals surface area (Å²) in [5.74, 6) is -0.230. The van der Waals surface area contributed by atoms with Crippen LogP contribution in [0, 0.1) is 0 Å². The van der Waals surface area contributed by atoms with Gasteiger partial charge in [-0.25, -0.2) is 0 Å². The lowest BCUT2D eigenvalue weighted by Crippen LogP contribution is -2.65. The van der Waals surface area contributed by atoms with E-state index < -0.39 is 86.8 Å². The van der Waals surface area contributed by atoms with E-state index in [1.54, 1.807) is 6.08 Å². The fraction of sp³-hybridized carbons (Fsp3) is 0.959. The Kier molecular flexibility index (Phi) is 56.0. The highest BCUT2D eigenvalue weighted by Gasteiger charge is 2.51. The normalized spacial score (nSPS) is 23.1. The summed E-state index contributed by atoms with van der Waals surface area (Å²) in [6.45, 7) is 2.87. The summed E-state index contributed by atoms with van der Waals surface area (Å²) in [5, 5.41) is 87.6. The minimum atomic E-state index is -1.79. The Bertz CT molecular complexity index is 1520. The monoisotopic (exact) mass is 1250 g/mol. The summed E-state index contributed by atoms with van der Waals surface area (Å²) in [4.78, 5) is 13.4. The molecule has 0 radical (unpaired) electrons. The molecule has 0 saturated carbocycles. The molecule has 12 unspecified atom stereocenters. The maximum absolute atomic E-state index is 13.4. The minimum absolute atomic E-state index is 0.230. The smallest absolute Gasteiger partial charge is 0.220 e. The highest BCUT2D eigenvalue weighted by Crippen LogP contribution is 2.30. The molecule has 2 heterocycles. The second kappa shape index (κ2) is 59.5. The third kappa shape index (κ3) is 42.9. The Hall–Kier alpha value is -1.27. The minimum Gasteiger partial charge on any atom is -0.394 e. The van der Waals surface area contributed by atoms with Crippen molar-refractivity contribution < 1.29 is 64.6 Å². The van der Waals surface area contributed by atoms with Crippen LogP contribution < -0.4 is 5.32 Å². The van der Waals surface area contributed by atoms with Gasteiger partial charge in [-0.3, -0.25) is 4.79 Å².